The molecule has 0 spiro atoms. The second kappa shape index (κ2) is 11.7. The lowest BCUT2D eigenvalue weighted by Gasteiger charge is -2.34. The number of anilines is 2. The highest BCUT2D eigenvalue weighted by atomic mass is 32.2. The summed E-state index contributed by atoms with van der Waals surface area (Å²) in [4.78, 5) is 39.0. The summed E-state index contributed by atoms with van der Waals surface area (Å²) in [5, 5.41) is 4.55. The molecule has 1 heterocycles. The van der Waals surface area contributed by atoms with Crippen molar-refractivity contribution in [2.45, 2.75) is 17.2 Å². The number of nitrogens with one attached hydrogen (secondary N) is 2. The summed E-state index contributed by atoms with van der Waals surface area (Å²) < 4.78 is 87.1. The molecule has 2 amide bonds. The number of carbonyl (C=O) groups is 3. The molecule has 7 nitrogen and oxygen atoms in total. The number of amides is 2. The van der Waals surface area contributed by atoms with E-state index in [1.54, 1.807) is 24.3 Å². The topological polar surface area (TPSA) is 93.7 Å². The Morgan fingerprint density at radius 3 is 1.61 bits per heavy atom. The number of alkyl halides is 6. The maximum absolute atomic E-state index is 13.5. The number of fused-ring (bicyclic) bond motifs is 1. The van der Waals surface area contributed by atoms with E-state index in [1.807, 2.05) is 0 Å². The predicted molar refractivity (Wildman–Crippen MR) is 137 cm³/mol. The zero-order valence-electron chi connectivity index (χ0n) is 20.8. The molecule has 2 N–H and O–H groups in total. The fourth-order valence-electron chi connectivity index (χ4n) is 3.80. The summed E-state index contributed by atoms with van der Waals surface area (Å²) in [6.45, 7) is -1.10. The third-order valence-corrected chi connectivity index (χ3v) is 7.36. The second-order valence-corrected chi connectivity index (χ2v) is 9.96. The molecule has 3 aromatic rings. The Bertz CT molecular complexity index is 1350. The maximum atomic E-state index is 13.5. The molecular weight excluding hydrogens is 578 g/mol. The van der Waals surface area contributed by atoms with Crippen molar-refractivity contribution in [3.63, 3.8) is 0 Å². The van der Waals surface area contributed by atoms with Gasteiger partial charge in [0.25, 0.3) is 0 Å². The van der Waals surface area contributed by atoms with Gasteiger partial charge in [0.05, 0.1) is 11.1 Å². The number of thioether (sulfide) groups is 1. The molecule has 0 unspecified atom stereocenters. The van der Waals surface area contributed by atoms with E-state index in [1.165, 1.54) is 11.8 Å². The van der Waals surface area contributed by atoms with E-state index in [4.69, 9.17) is 9.47 Å². The van der Waals surface area contributed by atoms with Crippen molar-refractivity contribution in [2.24, 2.45) is 5.41 Å². The summed E-state index contributed by atoms with van der Waals surface area (Å²) in [7, 11) is 0. The first kappa shape index (κ1) is 29.8. The second-order valence-electron chi connectivity index (χ2n) is 8.95. The van der Waals surface area contributed by atoms with Gasteiger partial charge < -0.3 is 9.47 Å². The highest BCUT2D eigenvalue weighted by Gasteiger charge is 2.46. The number of Topliss-reactive ketones (excluding diaryl/α,β-unsaturated/α-hetero) is 1. The summed E-state index contributed by atoms with van der Waals surface area (Å²) in [6.07, 6.45) is -11.2. The van der Waals surface area contributed by atoms with E-state index < -0.39 is 60.1 Å². The molecule has 0 aromatic heterocycles. The molecule has 0 bridgehead atoms. The van der Waals surface area contributed by atoms with Crippen molar-refractivity contribution in [3.05, 3.63) is 89.5 Å². The first-order valence-corrected chi connectivity index (χ1v) is 12.7. The number of ketones is 1. The fourth-order valence-corrected chi connectivity index (χ4v) is 5.02. The van der Waals surface area contributed by atoms with E-state index >= 15 is 0 Å². The van der Waals surface area contributed by atoms with Crippen LogP contribution in [0.5, 0.6) is 0 Å². The number of rotatable bonds is 6. The van der Waals surface area contributed by atoms with E-state index in [0.717, 1.165) is 48.5 Å². The lowest BCUT2D eigenvalue weighted by Crippen LogP contribution is -2.46. The normalized spacial score (nSPS) is 14.5. The summed E-state index contributed by atoms with van der Waals surface area (Å²) in [5.74, 6) is -0.430. The minimum atomic E-state index is -4.56. The van der Waals surface area contributed by atoms with E-state index in [9.17, 15) is 40.7 Å². The first-order chi connectivity index (χ1) is 19.3. The predicted octanol–water partition coefficient (Wildman–Crippen LogP) is 7.50. The van der Waals surface area contributed by atoms with Crippen LogP contribution in [-0.2, 0) is 21.8 Å². The van der Waals surface area contributed by atoms with Gasteiger partial charge in [0.1, 0.15) is 18.6 Å². The van der Waals surface area contributed by atoms with Crippen LogP contribution in [0.3, 0.4) is 0 Å². The van der Waals surface area contributed by atoms with Gasteiger partial charge in [-0.15, -0.1) is 11.8 Å². The highest BCUT2D eigenvalue weighted by molar-refractivity contribution is 7.99. The average Bonchev–Trinajstić information content (AvgIpc) is 2.92. The Hall–Kier alpha value is -4.20. The highest BCUT2D eigenvalue weighted by Crippen LogP contribution is 2.41. The number of carbonyl (C=O) groups excluding carboxylic acids is 3. The molecule has 0 radical (unpaired) electrons. The van der Waals surface area contributed by atoms with Gasteiger partial charge in [0.15, 0.2) is 5.78 Å². The van der Waals surface area contributed by atoms with Gasteiger partial charge in [0.2, 0.25) is 0 Å². The monoisotopic (exact) mass is 598 g/mol. The number of ether oxygens (including phenoxy) is 2. The zero-order valence-corrected chi connectivity index (χ0v) is 21.6. The van der Waals surface area contributed by atoms with Gasteiger partial charge in [-0.1, -0.05) is 18.2 Å². The van der Waals surface area contributed by atoms with Crippen LogP contribution in [0.4, 0.5) is 47.3 Å². The van der Waals surface area contributed by atoms with E-state index in [-0.39, 0.29) is 17.1 Å². The van der Waals surface area contributed by atoms with Crippen LogP contribution in [0, 0.1) is 5.41 Å². The van der Waals surface area contributed by atoms with Gasteiger partial charge in [-0.25, -0.2) is 9.59 Å². The molecule has 1 aliphatic rings. The molecule has 216 valence electrons. The molecule has 0 saturated carbocycles. The van der Waals surface area contributed by atoms with Gasteiger partial charge in [-0.05, 0) is 54.6 Å². The molecule has 0 fully saturated rings. The van der Waals surface area contributed by atoms with Crippen molar-refractivity contribution in [1.82, 2.24) is 0 Å². The van der Waals surface area contributed by atoms with Gasteiger partial charge in [0, 0.05) is 27.6 Å². The number of benzene rings is 3. The van der Waals surface area contributed by atoms with Crippen LogP contribution in [0.15, 0.2) is 77.7 Å². The smallest absolute Gasteiger partial charge is 0.416 e. The van der Waals surface area contributed by atoms with Crippen molar-refractivity contribution in [2.75, 3.05) is 29.6 Å². The fraction of sp³-hybridized carbons (Fsp3) is 0.222. The lowest BCUT2D eigenvalue weighted by atomic mass is 9.83. The lowest BCUT2D eigenvalue weighted by molar-refractivity contribution is -0.138. The third kappa shape index (κ3) is 7.31. The summed E-state index contributed by atoms with van der Waals surface area (Å²) in [6, 6.07) is 13.9. The number of hydrogen-bond donors (Lipinski definition) is 2. The van der Waals surface area contributed by atoms with Crippen LogP contribution in [0.1, 0.15) is 21.5 Å². The summed E-state index contributed by atoms with van der Waals surface area (Å²) >= 11 is 1.26. The average molecular weight is 599 g/mol. The Morgan fingerprint density at radius 1 is 0.732 bits per heavy atom. The van der Waals surface area contributed by atoms with E-state index in [2.05, 4.69) is 10.6 Å². The molecule has 4 rings (SSSR count). The molecule has 14 heteroatoms. The minimum Gasteiger partial charge on any atom is -0.448 e. The molecule has 0 saturated heterocycles. The van der Waals surface area contributed by atoms with Crippen LogP contribution in [0.2, 0.25) is 0 Å². The quantitative estimate of drug-likeness (QED) is 0.286. The largest absolute Gasteiger partial charge is 0.448 e. The Morgan fingerprint density at radius 2 is 1.17 bits per heavy atom. The Balaban J connectivity index is 1.44. The van der Waals surface area contributed by atoms with Gasteiger partial charge >= 0.3 is 24.5 Å². The number of hydrogen-bond acceptors (Lipinski definition) is 6. The van der Waals surface area contributed by atoms with E-state index in [0.29, 0.717) is 10.5 Å². The molecule has 0 atom stereocenters. The van der Waals surface area contributed by atoms with Gasteiger partial charge in [-0.2, -0.15) is 26.3 Å². The summed E-state index contributed by atoms with van der Waals surface area (Å²) in [5.41, 5.74) is -3.02. The maximum Gasteiger partial charge on any atom is 0.416 e. The van der Waals surface area contributed by atoms with Crippen molar-refractivity contribution in [1.29, 1.82) is 0 Å². The minimum absolute atomic E-state index is 0.0129. The Kier molecular flexibility index (Phi) is 8.52. The van der Waals surface area contributed by atoms with Crippen LogP contribution in [0.25, 0.3) is 0 Å². The first-order valence-electron chi connectivity index (χ1n) is 11.8. The third-order valence-electron chi connectivity index (χ3n) is 5.99. The number of halogens is 6. The van der Waals surface area contributed by atoms with Crippen molar-refractivity contribution < 1.29 is 50.2 Å². The van der Waals surface area contributed by atoms with Crippen molar-refractivity contribution in [3.8, 4) is 0 Å². The zero-order chi connectivity index (χ0) is 29.8. The Labute approximate surface area is 233 Å². The van der Waals surface area contributed by atoms with Crippen LogP contribution in [-0.4, -0.2) is 36.9 Å². The molecule has 41 heavy (non-hydrogen) atoms. The molecule has 0 aliphatic carbocycles. The standard InChI is InChI=1S/C27H20F6N2O5S/c28-26(29,30)16-5-9-18(10-6-16)34-23(37)39-13-25(15-41-21-4-2-1-3-20(21)22(25)36)14-40-24(38)35-19-11-7-17(8-12-19)27(31,32)33/h1-12H,13-15H2,(H,34,37)(H,35,38). The van der Waals surface area contributed by atoms with Crippen molar-refractivity contribution >= 4 is 41.1 Å². The molecular formula is C27H20F6N2O5S. The molecule has 3 aromatic carbocycles. The van der Waals surface area contributed by atoms with Crippen LogP contribution < -0.4 is 10.6 Å². The SMILES string of the molecule is O=C(Nc1ccc(C(F)(F)F)cc1)OCC1(COC(=O)Nc2ccc(C(F)(F)F)cc2)CSc2ccccc2C1=O. The van der Waals surface area contributed by atoms with Gasteiger partial charge in [-0.3, -0.25) is 15.4 Å². The van der Waals surface area contributed by atoms with Crippen LogP contribution >= 0.6 is 11.8 Å². The molecule has 1 aliphatic heterocycles.